The Labute approximate surface area is 127 Å². The molecule has 1 N–H and O–H groups in total. The van der Waals surface area contributed by atoms with Crippen molar-refractivity contribution in [1.29, 1.82) is 0 Å². The fraction of sp³-hybridized carbons (Fsp3) is 0.643. The summed E-state index contributed by atoms with van der Waals surface area (Å²) in [7, 11) is 1.69. The van der Waals surface area contributed by atoms with Crippen LogP contribution in [0.4, 0.5) is 0 Å². The van der Waals surface area contributed by atoms with Gasteiger partial charge in [-0.3, -0.25) is 9.59 Å². The molecule has 3 unspecified atom stereocenters. The Morgan fingerprint density at radius 3 is 2.86 bits per heavy atom. The van der Waals surface area contributed by atoms with Crippen molar-refractivity contribution in [2.75, 3.05) is 13.7 Å². The average Bonchev–Trinajstić information content (AvgIpc) is 3.11. The summed E-state index contributed by atoms with van der Waals surface area (Å²) in [5, 5.41) is 11.7. The zero-order valence-corrected chi connectivity index (χ0v) is 13.2. The molecular weight excluding hydrogens is 292 g/mol. The molecule has 0 radical (unpaired) electrons. The van der Waals surface area contributed by atoms with E-state index in [-0.39, 0.29) is 17.9 Å². The van der Waals surface area contributed by atoms with E-state index in [9.17, 15) is 9.59 Å². The second kappa shape index (κ2) is 6.53. The van der Waals surface area contributed by atoms with Gasteiger partial charge in [-0.15, -0.1) is 11.3 Å². The molecule has 0 aliphatic heterocycles. The van der Waals surface area contributed by atoms with Crippen molar-refractivity contribution in [1.82, 2.24) is 9.88 Å². The van der Waals surface area contributed by atoms with Crippen LogP contribution >= 0.6 is 11.3 Å². The second-order valence-electron chi connectivity index (χ2n) is 5.26. The van der Waals surface area contributed by atoms with E-state index in [1.807, 2.05) is 19.2 Å². The second-order valence-corrected chi connectivity index (χ2v) is 6.15. The molecule has 1 aliphatic rings. The zero-order chi connectivity index (χ0) is 15.6. The summed E-state index contributed by atoms with van der Waals surface area (Å²) in [5.74, 6) is -1.88. The maximum atomic E-state index is 12.1. The van der Waals surface area contributed by atoms with Gasteiger partial charge in [0.15, 0.2) is 0 Å². The number of nitrogens with zero attached hydrogens (tertiary/aromatic N) is 2. The van der Waals surface area contributed by atoms with E-state index in [2.05, 4.69) is 4.98 Å². The number of aromatic nitrogens is 1. The summed E-state index contributed by atoms with van der Waals surface area (Å²) in [5.41, 5.74) is 0.810. The third-order valence-electron chi connectivity index (χ3n) is 3.53. The Bertz CT molecular complexity index is 531. The van der Waals surface area contributed by atoms with Gasteiger partial charge in [0.1, 0.15) is 11.1 Å². The molecule has 1 fully saturated rings. The van der Waals surface area contributed by atoms with Crippen LogP contribution in [0, 0.1) is 11.8 Å². The molecule has 1 amide bonds. The lowest BCUT2D eigenvalue weighted by molar-refractivity contribution is -0.141. The van der Waals surface area contributed by atoms with Crippen LogP contribution in [0.2, 0.25) is 0 Å². The normalized spacial score (nSPS) is 21.9. The molecule has 0 bridgehead atoms. The lowest BCUT2D eigenvalue weighted by atomic mass is 10.3. The van der Waals surface area contributed by atoms with Crippen molar-refractivity contribution in [2.24, 2.45) is 11.8 Å². The number of rotatable bonds is 7. The maximum Gasteiger partial charge on any atom is 0.307 e. The molecule has 1 aromatic rings. The van der Waals surface area contributed by atoms with Crippen molar-refractivity contribution >= 4 is 23.2 Å². The number of thiazole rings is 1. The van der Waals surface area contributed by atoms with E-state index < -0.39 is 11.9 Å². The van der Waals surface area contributed by atoms with Crippen molar-refractivity contribution in [3.63, 3.8) is 0 Å². The van der Waals surface area contributed by atoms with Gasteiger partial charge in [-0.25, -0.2) is 4.98 Å². The SMILES string of the molecule is CCOC(C)c1nc(CN(C)C(=O)C2CC2C(=O)O)cs1. The molecule has 7 heteroatoms. The van der Waals surface area contributed by atoms with E-state index in [1.165, 1.54) is 11.3 Å². The molecule has 21 heavy (non-hydrogen) atoms. The summed E-state index contributed by atoms with van der Waals surface area (Å²) < 4.78 is 5.48. The molecular formula is C14H20N2O4S. The van der Waals surface area contributed by atoms with Crippen LogP contribution in [0.3, 0.4) is 0 Å². The Hall–Kier alpha value is -1.47. The predicted octanol–water partition coefficient (Wildman–Crippen LogP) is 1.92. The van der Waals surface area contributed by atoms with E-state index in [1.54, 1.807) is 11.9 Å². The molecule has 0 saturated heterocycles. The zero-order valence-electron chi connectivity index (χ0n) is 12.4. The molecule has 2 rings (SSSR count). The van der Waals surface area contributed by atoms with E-state index >= 15 is 0 Å². The highest BCUT2D eigenvalue weighted by Crippen LogP contribution is 2.40. The first-order valence-electron chi connectivity index (χ1n) is 6.97. The quantitative estimate of drug-likeness (QED) is 0.832. The maximum absolute atomic E-state index is 12.1. The van der Waals surface area contributed by atoms with Gasteiger partial charge in [0.25, 0.3) is 0 Å². The van der Waals surface area contributed by atoms with Crippen molar-refractivity contribution in [3.05, 3.63) is 16.1 Å². The number of hydrogen-bond acceptors (Lipinski definition) is 5. The highest BCUT2D eigenvalue weighted by molar-refractivity contribution is 7.09. The first kappa shape index (κ1) is 15.9. The lowest BCUT2D eigenvalue weighted by Crippen LogP contribution is -2.29. The van der Waals surface area contributed by atoms with Gasteiger partial charge in [0.05, 0.1) is 24.1 Å². The number of hydrogen-bond donors (Lipinski definition) is 1. The lowest BCUT2D eigenvalue weighted by Gasteiger charge is -2.15. The third-order valence-corrected chi connectivity index (χ3v) is 4.59. The summed E-state index contributed by atoms with van der Waals surface area (Å²) in [6, 6.07) is 0. The van der Waals surface area contributed by atoms with Crippen molar-refractivity contribution < 1.29 is 19.4 Å². The Kier molecular flexibility index (Phi) is 4.95. The monoisotopic (exact) mass is 312 g/mol. The molecule has 1 saturated carbocycles. The van der Waals surface area contributed by atoms with E-state index in [0.29, 0.717) is 19.6 Å². The molecule has 1 aromatic heterocycles. The molecule has 6 nitrogen and oxygen atoms in total. The minimum Gasteiger partial charge on any atom is -0.481 e. The van der Waals surface area contributed by atoms with Crippen LogP contribution < -0.4 is 0 Å². The van der Waals surface area contributed by atoms with Crippen LogP contribution in [-0.4, -0.2) is 40.5 Å². The molecule has 3 atom stereocenters. The summed E-state index contributed by atoms with van der Waals surface area (Å²) >= 11 is 1.51. The topological polar surface area (TPSA) is 79.7 Å². The third kappa shape index (κ3) is 3.79. The van der Waals surface area contributed by atoms with Crippen LogP contribution in [0.5, 0.6) is 0 Å². The summed E-state index contributed by atoms with van der Waals surface area (Å²) in [6.07, 6.45) is 0.400. The first-order valence-corrected chi connectivity index (χ1v) is 7.85. The number of carbonyl (C=O) groups is 2. The molecule has 1 heterocycles. The number of aliphatic carboxylic acids is 1. The van der Waals surface area contributed by atoms with Gasteiger partial charge >= 0.3 is 5.97 Å². The smallest absolute Gasteiger partial charge is 0.307 e. The fourth-order valence-corrected chi connectivity index (χ4v) is 3.06. The van der Waals surface area contributed by atoms with Crippen LogP contribution in [-0.2, 0) is 20.9 Å². The molecule has 0 aromatic carbocycles. The van der Waals surface area contributed by atoms with Crippen LogP contribution in [0.25, 0.3) is 0 Å². The van der Waals surface area contributed by atoms with Gasteiger partial charge < -0.3 is 14.7 Å². The van der Waals surface area contributed by atoms with Crippen molar-refractivity contribution in [3.8, 4) is 0 Å². The summed E-state index contributed by atoms with van der Waals surface area (Å²) in [6.45, 7) is 4.92. The van der Waals surface area contributed by atoms with E-state index in [0.717, 1.165) is 10.7 Å². The number of ether oxygens (including phenoxy) is 1. The molecule has 116 valence electrons. The van der Waals surface area contributed by atoms with Gasteiger partial charge in [-0.1, -0.05) is 0 Å². The Morgan fingerprint density at radius 1 is 1.57 bits per heavy atom. The van der Waals surface area contributed by atoms with Gasteiger partial charge in [0.2, 0.25) is 5.91 Å². The minimum absolute atomic E-state index is 0.0467. The fourth-order valence-electron chi connectivity index (χ4n) is 2.25. The highest BCUT2D eigenvalue weighted by Gasteiger charge is 2.49. The van der Waals surface area contributed by atoms with E-state index in [4.69, 9.17) is 9.84 Å². The van der Waals surface area contributed by atoms with Crippen LogP contribution in [0.15, 0.2) is 5.38 Å². The Morgan fingerprint density at radius 2 is 2.29 bits per heavy atom. The first-order chi connectivity index (χ1) is 9.93. The standard InChI is InChI=1S/C14H20N2O4S/c1-4-20-8(2)12-15-9(7-21-12)6-16(3)13(17)10-5-11(10)14(18)19/h7-8,10-11H,4-6H2,1-3H3,(H,18,19). The van der Waals surface area contributed by atoms with Gasteiger partial charge in [-0.05, 0) is 20.3 Å². The van der Waals surface area contributed by atoms with Crippen molar-refractivity contribution in [2.45, 2.75) is 32.9 Å². The average molecular weight is 312 g/mol. The summed E-state index contributed by atoms with van der Waals surface area (Å²) in [4.78, 5) is 28.9. The highest BCUT2D eigenvalue weighted by atomic mass is 32.1. The van der Waals surface area contributed by atoms with Gasteiger partial charge in [-0.2, -0.15) is 0 Å². The Balaban J connectivity index is 1.90. The number of carbonyl (C=O) groups excluding carboxylic acids is 1. The van der Waals surface area contributed by atoms with Crippen LogP contribution in [0.1, 0.15) is 37.1 Å². The largest absolute Gasteiger partial charge is 0.481 e. The predicted molar refractivity (Wildman–Crippen MR) is 77.9 cm³/mol. The van der Waals surface area contributed by atoms with Gasteiger partial charge in [0, 0.05) is 19.0 Å². The minimum atomic E-state index is -0.886. The number of carboxylic acids is 1. The molecule has 0 spiro atoms. The number of carboxylic acid groups (broad SMARTS) is 1. The number of amides is 1. The molecule has 1 aliphatic carbocycles.